The molecule has 0 saturated heterocycles. The van der Waals surface area contributed by atoms with E-state index >= 15 is 0 Å². The lowest BCUT2D eigenvalue weighted by Gasteiger charge is -1.89. The van der Waals surface area contributed by atoms with Gasteiger partial charge in [0, 0.05) is 18.2 Å². The maximum Gasteiger partial charge on any atom is 0.153 e. The third-order valence-corrected chi connectivity index (χ3v) is 2.08. The molecule has 0 bridgehead atoms. The summed E-state index contributed by atoms with van der Waals surface area (Å²) in [6.07, 6.45) is 4.44. The number of aryl methyl sites for hydroxylation is 1. The van der Waals surface area contributed by atoms with E-state index in [2.05, 4.69) is 18.5 Å². The number of fused-ring (bicyclic) bond motifs is 1. The van der Waals surface area contributed by atoms with Crippen molar-refractivity contribution in [3.63, 3.8) is 0 Å². The fraction of sp³-hybridized carbons (Fsp3) is 0.182. The van der Waals surface area contributed by atoms with Crippen LogP contribution >= 0.6 is 0 Å². The number of nitrogens with zero attached hydrogens (tertiary/aromatic N) is 1. The molecule has 2 nitrogen and oxygen atoms in total. The minimum absolute atomic E-state index is 0.842. The van der Waals surface area contributed by atoms with Gasteiger partial charge in [-0.15, -0.1) is 0 Å². The molecule has 2 aromatic rings. The lowest BCUT2D eigenvalue weighted by molar-refractivity contribution is 0.556. The number of rotatable bonds is 2. The first kappa shape index (κ1) is 8.05. The Bertz CT molecular complexity index is 442. The van der Waals surface area contributed by atoms with Gasteiger partial charge in [-0.05, 0) is 12.1 Å². The van der Waals surface area contributed by atoms with Gasteiger partial charge in [-0.2, -0.15) is 0 Å². The molecule has 13 heavy (non-hydrogen) atoms. The van der Waals surface area contributed by atoms with Crippen LogP contribution in [-0.2, 0) is 6.42 Å². The van der Waals surface area contributed by atoms with E-state index in [1.807, 2.05) is 12.1 Å². The van der Waals surface area contributed by atoms with Crippen LogP contribution in [-0.4, -0.2) is 4.98 Å². The van der Waals surface area contributed by atoms with Crippen LogP contribution in [0.15, 0.2) is 29.3 Å². The standard InChI is InChI=1S/C11H11NO/c1-3-8-9(4-2)13-10-6-5-7-12-11(8)10/h3,5-7H,1,4H2,2H3. The van der Waals surface area contributed by atoms with E-state index in [1.165, 1.54) is 0 Å². The summed E-state index contributed by atoms with van der Waals surface area (Å²) in [6, 6.07) is 3.80. The van der Waals surface area contributed by atoms with Crippen LogP contribution < -0.4 is 0 Å². The van der Waals surface area contributed by atoms with Gasteiger partial charge in [0.1, 0.15) is 11.3 Å². The van der Waals surface area contributed by atoms with E-state index in [9.17, 15) is 0 Å². The van der Waals surface area contributed by atoms with Gasteiger partial charge in [-0.25, -0.2) is 0 Å². The summed E-state index contributed by atoms with van der Waals surface area (Å²) in [7, 11) is 0. The molecule has 0 aliphatic carbocycles. The van der Waals surface area contributed by atoms with Crippen molar-refractivity contribution in [2.24, 2.45) is 0 Å². The summed E-state index contributed by atoms with van der Waals surface area (Å²) in [6.45, 7) is 5.82. The minimum Gasteiger partial charge on any atom is -0.459 e. The van der Waals surface area contributed by atoms with Crippen LogP contribution in [0.1, 0.15) is 18.2 Å². The SMILES string of the molecule is C=Cc1c(CC)oc2cccnc12. The van der Waals surface area contributed by atoms with Gasteiger partial charge >= 0.3 is 0 Å². The van der Waals surface area contributed by atoms with E-state index in [0.717, 1.165) is 28.8 Å². The molecular weight excluding hydrogens is 162 g/mol. The van der Waals surface area contributed by atoms with Gasteiger partial charge in [-0.1, -0.05) is 19.6 Å². The number of hydrogen-bond acceptors (Lipinski definition) is 2. The quantitative estimate of drug-likeness (QED) is 0.697. The molecule has 0 aliphatic rings. The third kappa shape index (κ3) is 1.15. The van der Waals surface area contributed by atoms with Gasteiger partial charge in [0.05, 0.1) is 0 Å². The second kappa shape index (κ2) is 3.05. The van der Waals surface area contributed by atoms with Crippen LogP contribution in [0.4, 0.5) is 0 Å². The van der Waals surface area contributed by atoms with Crippen LogP contribution in [0.2, 0.25) is 0 Å². The largest absolute Gasteiger partial charge is 0.459 e. The maximum atomic E-state index is 5.61. The van der Waals surface area contributed by atoms with Crippen molar-refractivity contribution >= 4 is 17.2 Å². The second-order valence-corrected chi connectivity index (χ2v) is 2.85. The average molecular weight is 173 g/mol. The van der Waals surface area contributed by atoms with Crippen LogP contribution in [0.3, 0.4) is 0 Å². The van der Waals surface area contributed by atoms with Crippen molar-refractivity contribution in [1.29, 1.82) is 0 Å². The summed E-state index contributed by atoms with van der Waals surface area (Å²) in [5.41, 5.74) is 2.78. The van der Waals surface area contributed by atoms with Gasteiger partial charge in [0.15, 0.2) is 5.58 Å². The van der Waals surface area contributed by atoms with Crippen molar-refractivity contribution in [1.82, 2.24) is 4.98 Å². The summed E-state index contributed by atoms with van der Waals surface area (Å²) >= 11 is 0. The van der Waals surface area contributed by atoms with Crippen molar-refractivity contribution in [2.75, 3.05) is 0 Å². The molecule has 2 heteroatoms. The van der Waals surface area contributed by atoms with Crippen molar-refractivity contribution < 1.29 is 4.42 Å². The van der Waals surface area contributed by atoms with Crippen LogP contribution in [0.5, 0.6) is 0 Å². The van der Waals surface area contributed by atoms with E-state index in [0.29, 0.717) is 0 Å². The molecule has 0 amide bonds. The summed E-state index contributed by atoms with van der Waals surface area (Å²) in [4.78, 5) is 4.26. The first-order valence-corrected chi connectivity index (χ1v) is 4.35. The van der Waals surface area contributed by atoms with Crippen LogP contribution in [0, 0.1) is 0 Å². The normalized spacial score (nSPS) is 10.5. The molecule has 0 fully saturated rings. The Morgan fingerprint density at radius 2 is 2.46 bits per heavy atom. The highest BCUT2D eigenvalue weighted by molar-refractivity contribution is 5.84. The fourth-order valence-electron chi connectivity index (χ4n) is 1.47. The number of aromatic nitrogens is 1. The van der Waals surface area contributed by atoms with Crippen molar-refractivity contribution in [3.8, 4) is 0 Å². The lowest BCUT2D eigenvalue weighted by Crippen LogP contribution is -1.79. The molecule has 2 rings (SSSR count). The van der Waals surface area contributed by atoms with Gasteiger partial charge in [-0.3, -0.25) is 4.98 Å². The maximum absolute atomic E-state index is 5.61. The Hall–Kier alpha value is -1.57. The molecule has 66 valence electrons. The lowest BCUT2D eigenvalue weighted by atomic mass is 10.2. The minimum atomic E-state index is 0.842. The number of furan rings is 1. The number of pyridine rings is 1. The van der Waals surface area contributed by atoms with Gasteiger partial charge in [0.25, 0.3) is 0 Å². The molecule has 0 aliphatic heterocycles. The van der Waals surface area contributed by atoms with Crippen molar-refractivity contribution in [3.05, 3.63) is 36.2 Å². The molecule has 0 saturated carbocycles. The van der Waals surface area contributed by atoms with Gasteiger partial charge < -0.3 is 4.42 Å². The van der Waals surface area contributed by atoms with Crippen molar-refractivity contribution in [2.45, 2.75) is 13.3 Å². The van der Waals surface area contributed by atoms with E-state index < -0.39 is 0 Å². The molecule has 0 spiro atoms. The van der Waals surface area contributed by atoms with Crippen LogP contribution in [0.25, 0.3) is 17.2 Å². The van der Waals surface area contributed by atoms with E-state index in [-0.39, 0.29) is 0 Å². The summed E-state index contributed by atoms with van der Waals surface area (Å²) in [5, 5.41) is 0. The summed E-state index contributed by atoms with van der Waals surface area (Å²) in [5.74, 6) is 0.962. The molecule has 0 atom stereocenters. The smallest absolute Gasteiger partial charge is 0.153 e. The Labute approximate surface area is 76.9 Å². The zero-order valence-corrected chi connectivity index (χ0v) is 7.58. The molecule has 0 unspecified atom stereocenters. The first-order chi connectivity index (χ1) is 6.36. The molecule has 0 N–H and O–H groups in total. The predicted molar refractivity (Wildman–Crippen MR) is 53.5 cm³/mol. The zero-order valence-electron chi connectivity index (χ0n) is 7.58. The highest BCUT2D eigenvalue weighted by Gasteiger charge is 2.09. The Kier molecular flexibility index (Phi) is 1.89. The third-order valence-electron chi connectivity index (χ3n) is 2.08. The van der Waals surface area contributed by atoms with E-state index in [4.69, 9.17) is 4.42 Å². The number of hydrogen-bond donors (Lipinski definition) is 0. The Morgan fingerprint density at radius 3 is 3.15 bits per heavy atom. The average Bonchev–Trinajstić information content (AvgIpc) is 2.55. The predicted octanol–water partition coefficient (Wildman–Crippen LogP) is 3.03. The molecule has 2 heterocycles. The zero-order chi connectivity index (χ0) is 9.26. The van der Waals surface area contributed by atoms with Gasteiger partial charge in [0.2, 0.25) is 0 Å². The molecule has 2 aromatic heterocycles. The monoisotopic (exact) mass is 173 g/mol. The highest BCUT2D eigenvalue weighted by Crippen LogP contribution is 2.24. The Balaban J connectivity index is 2.81. The second-order valence-electron chi connectivity index (χ2n) is 2.85. The highest BCUT2D eigenvalue weighted by atomic mass is 16.3. The molecule has 0 aromatic carbocycles. The molecular formula is C11H11NO. The fourth-order valence-corrected chi connectivity index (χ4v) is 1.47. The van der Waals surface area contributed by atoms with E-state index in [1.54, 1.807) is 12.3 Å². The summed E-state index contributed by atoms with van der Waals surface area (Å²) < 4.78 is 5.61. The Morgan fingerprint density at radius 1 is 1.62 bits per heavy atom. The molecule has 0 radical (unpaired) electrons. The topological polar surface area (TPSA) is 26.0 Å². The first-order valence-electron chi connectivity index (χ1n) is 4.35.